The molecule has 0 unspecified atom stereocenters. The molecule has 3 heterocycles. The zero-order chi connectivity index (χ0) is 22.8. The number of thiophene rings is 1. The average molecular weight is 464 g/mol. The van der Waals surface area contributed by atoms with Gasteiger partial charge in [0.05, 0.1) is 40.7 Å². The van der Waals surface area contributed by atoms with Gasteiger partial charge in [-0.2, -0.15) is 0 Å². The van der Waals surface area contributed by atoms with E-state index in [1.165, 1.54) is 11.3 Å². The molecule has 2 atom stereocenters. The summed E-state index contributed by atoms with van der Waals surface area (Å²) in [5.74, 6) is 0.0856. The van der Waals surface area contributed by atoms with Crippen molar-refractivity contribution in [2.75, 3.05) is 23.8 Å². The molecule has 0 aliphatic carbocycles. The Morgan fingerprint density at radius 2 is 1.97 bits per heavy atom. The molecule has 1 aliphatic rings. The molecule has 0 radical (unpaired) electrons. The first-order chi connectivity index (χ1) is 16.1. The van der Waals surface area contributed by atoms with Gasteiger partial charge in [-0.25, -0.2) is 14.8 Å². The summed E-state index contributed by atoms with van der Waals surface area (Å²) in [4.78, 5) is 33.0. The van der Waals surface area contributed by atoms with Crippen LogP contribution in [-0.2, 0) is 4.74 Å². The zero-order valence-corrected chi connectivity index (χ0v) is 18.3. The lowest BCUT2D eigenvalue weighted by molar-refractivity contribution is 0.0625. The maximum Gasteiger partial charge on any atom is 0.405 e. The molecular weight excluding hydrogens is 442 g/mol. The molecule has 168 valence electrons. The Balaban J connectivity index is 1.37. The Hall–Kier alpha value is -3.76. The van der Waals surface area contributed by atoms with E-state index >= 15 is 0 Å². The predicted molar refractivity (Wildman–Crippen MR) is 127 cm³/mol. The average Bonchev–Trinajstić information content (AvgIpc) is 3.23. The minimum atomic E-state index is -1.11. The van der Waals surface area contributed by atoms with E-state index in [0.29, 0.717) is 35.7 Å². The number of rotatable bonds is 5. The maximum absolute atomic E-state index is 13.0. The number of nitrogens with zero attached hydrogens (tertiary/aromatic N) is 2. The normalized spacial score (nSPS) is 18.2. The van der Waals surface area contributed by atoms with E-state index in [-0.39, 0.29) is 18.6 Å². The van der Waals surface area contributed by atoms with Crippen LogP contribution in [-0.4, -0.2) is 52.4 Å². The Labute approximate surface area is 192 Å². The standard InChI is InChI=1S/C23H21N5O4S/c29-21(25-15-6-5-13-3-1-2-4-14(13)9-15)16-12-33-19-10-24-22(28-20(16)19)26-17-7-8-32-11-18(17)27-23(30)31/h1-6,9-10,12,17-18,27H,7-8,11H2,(H,25,29)(H,30,31)(H,24,26,28)/t17-,18+/m1/s1. The number of ether oxygens (including phenoxy) is 1. The number of amides is 2. The second-order valence-corrected chi connectivity index (χ2v) is 8.65. The highest BCUT2D eigenvalue weighted by atomic mass is 32.1. The third-order valence-corrected chi connectivity index (χ3v) is 6.45. The summed E-state index contributed by atoms with van der Waals surface area (Å²) in [6.07, 6.45) is 1.16. The fourth-order valence-electron chi connectivity index (χ4n) is 3.90. The van der Waals surface area contributed by atoms with Gasteiger partial charge in [-0.3, -0.25) is 4.79 Å². The van der Waals surface area contributed by atoms with E-state index in [1.54, 1.807) is 11.6 Å². The Kier molecular flexibility index (Phi) is 5.76. The molecule has 4 N–H and O–H groups in total. The van der Waals surface area contributed by atoms with Crippen LogP contribution in [0.4, 0.5) is 16.4 Å². The molecule has 9 nitrogen and oxygen atoms in total. The molecule has 2 aromatic carbocycles. The second kappa shape index (κ2) is 9.00. The number of aromatic nitrogens is 2. The summed E-state index contributed by atoms with van der Waals surface area (Å²) in [5.41, 5.74) is 1.71. The minimum Gasteiger partial charge on any atom is -0.465 e. The fourth-order valence-corrected chi connectivity index (χ4v) is 4.75. The zero-order valence-electron chi connectivity index (χ0n) is 17.4. The van der Waals surface area contributed by atoms with Gasteiger partial charge in [-0.05, 0) is 29.3 Å². The van der Waals surface area contributed by atoms with Crippen LogP contribution in [0.2, 0.25) is 0 Å². The number of hydrogen-bond donors (Lipinski definition) is 4. The first-order valence-corrected chi connectivity index (χ1v) is 11.3. The Bertz CT molecular complexity index is 1340. The smallest absolute Gasteiger partial charge is 0.405 e. The summed E-state index contributed by atoms with van der Waals surface area (Å²) < 4.78 is 6.17. The van der Waals surface area contributed by atoms with Gasteiger partial charge in [0.15, 0.2) is 0 Å². The van der Waals surface area contributed by atoms with Crippen LogP contribution in [0.1, 0.15) is 16.8 Å². The molecule has 2 aromatic heterocycles. The molecule has 2 amide bonds. The van der Waals surface area contributed by atoms with Crippen LogP contribution in [0, 0.1) is 0 Å². The van der Waals surface area contributed by atoms with Crippen molar-refractivity contribution in [3.05, 3.63) is 59.6 Å². The summed E-state index contributed by atoms with van der Waals surface area (Å²) >= 11 is 1.40. The van der Waals surface area contributed by atoms with Crippen LogP contribution < -0.4 is 16.0 Å². The second-order valence-electron chi connectivity index (χ2n) is 7.74. The lowest BCUT2D eigenvalue weighted by Crippen LogP contribution is -2.52. The molecule has 10 heteroatoms. The largest absolute Gasteiger partial charge is 0.465 e. The van der Waals surface area contributed by atoms with Gasteiger partial charge in [0.25, 0.3) is 5.91 Å². The van der Waals surface area contributed by atoms with Gasteiger partial charge in [-0.15, -0.1) is 11.3 Å². The molecule has 0 saturated carbocycles. The number of fused-ring (bicyclic) bond motifs is 2. The van der Waals surface area contributed by atoms with Crippen molar-refractivity contribution in [3.63, 3.8) is 0 Å². The van der Waals surface area contributed by atoms with E-state index < -0.39 is 12.1 Å². The number of carbonyl (C=O) groups excluding carboxylic acids is 1. The molecular formula is C23H21N5O4S. The van der Waals surface area contributed by atoms with Crippen molar-refractivity contribution in [2.45, 2.75) is 18.5 Å². The number of anilines is 2. The number of carbonyl (C=O) groups is 2. The van der Waals surface area contributed by atoms with Crippen LogP contribution in [0.5, 0.6) is 0 Å². The lowest BCUT2D eigenvalue weighted by Gasteiger charge is -2.31. The van der Waals surface area contributed by atoms with Crippen LogP contribution in [0.15, 0.2) is 54.0 Å². The number of hydrogen-bond acceptors (Lipinski definition) is 7. The SMILES string of the molecule is O=C(O)N[C@H]1COCC[C@H]1Nc1ncc2scc(C(=O)Nc3ccc4ccccc4c3)c2n1. The van der Waals surface area contributed by atoms with Crippen LogP contribution in [0.3, 0.4) is 0 Å². The molecule has 1 aliphatic heterocycles. The highest BCUT2D eigenvalue weighted by molar-refractivity contribution is 7.17. The van der Waals surface area contributed by atoms with E-state index in [1.807, 2.05) is 42.5 Å². The van der Waals surface area contributed by atoms with Gasteiger partial charge < -0.3 is 25.8 Å². The van der Waals surface area contributed by atoms with Gasteiger partial charge >= 0.3 is 6.09 Å². The number of benzene rings is 2. The molecule has 0 spiro atoms. The van der Waals surface area contributed by atoms with E-state index in [9.17, 15) is 9.59 Å². The third kappa shape index (κ3) is 4.57. The number of nitrogens with one attached hydrogen (secondary N) is 3. The van der Waals surface area contributed by atoms with Gasteiger partial charge in [0.2, 0.25) is 5.95 Å². The summed E-state index contributed by atoms with van der Waals surface area (Å²) in [5, 5.41) is 21.6. The van der Waals surface area contributed by atoms with Crippen LogP contribution >= 0.6 is 11.3 Å². The predicted octanol–water partition coefficient (Wildman–Crippen LogP) is 3.93. The molecule has 1 fully saturated rings. The van der Waals surface area contributed by atoms with Gasteiger partial charge in [-0.1, -0.05) is 30.3 Å². The fraction of sp³-hybridized carbons (Fsp3) is 0.217. The van der Waals surface area contributed by atoms with Crippen molar-refractivity contribution in [2.24, 2.45) is 0 Å². The van der Waals surface area contributed by atoms with E-state index in [2.05, 4.69) is 25.9 Å². The topological polar surface area (TPSA) is 125 Å². The molecule has 0 bridgehead atoms. The quantitative estimate of drug-likeness (QED) is 0.353. The first kappa shape index (κ1) is 21.1. The lowest BCUT2D eigenvalue weighted by atomic mass is 10.0. The Morgan fingerprint density at radius 1 is 1.12 bits per heavy atom. The maximum atomic E-state index is 13.0. The van der Waals surface area contributed by atoms with Gasteiger partial charge in [0, 0.05) is 17.7 Å². The molecule has 33 heavy (non-hydrogen) atoms. The molecule has 1 saturated heterocycles. The minimum absolute atomic E-state index is 0.221. The summed E-state index contributed by atoms with van der Waals surface area (Å²) in [6, 6.07) is 13.1. The molecule has 5 rings (SSSR count). The van der Waals surface area contributed by atoms with E-state index in [4.69, 9.17) is 9.84 Å². The van der Waals surface area contributed by atoms with Crippen molar-refractivity contribution in [1.82, 2.24) is 15.3 Å². The van der Waals surface area contributed by atoms with Gasteiger partial charge in [0.1, 0.15) is 0 Å². The monoisotopic (exact) mass is 463 g/mol. The summed E-state index contributed by atoms with van der Waals surface area (Å²) in [7, 11) is 0. The summed E-state index contributed by atoms with van der Waals surface area (Å²) in [6.45, 7) is 0.777. The van der Waals surface area contributed by atoms with Crippen LogP contribution in [0.25, 0.3) is 21.0 Å². The van der Waals surface area contributed by atoms with E-state index in [0.717, 1.165) is 15.5 Å². The highest BCUT2D eigenvalue weighted by Gasteiger charge is 2.28. The first-order valence-electron chi connectivity index (χ1n) is 10.4. The number of carboxylic acid groups (broad SMARTS) is 1. The highest BCUT2D eigenvalue weighted by Crippen LogP contribution is 2.27. The van der Waals surface area contributed by atoms with Crippen molar-refractivity contribution in [1.29, 1.82) is 0 Å². The van der Waals surface area contributed by atoms with Crippen molar-refractivity contribution >= 4 is 56.0 Å². The third-order valence-electron chi connectivity index (χ3n) is 5.55. The molecule has 4 aromatic rings. The Morgan fingerprint density at radius 3 is 2.82 bits per heavy atom. The van der Waals surface area contributed by atoms with Crippen molar-refractivity contribution < 1.29 is 19.4 Å². The van der Waals surface area contributed by atoms with Crippen molar-refractivity contribution in [3.8, 4) is 0 Å².